The first-order chi connectivity index (χ1) is 11.8. The number of nitrogens with two attached hydrogens (primary N) is 1. The minimum absolute atomic E-state index is 0.627. The molecule has 0 saturated carbocycles. The van der Waals surface area contributed by atoms with Crippen LogP contribution >= 0.6 is 0 Å². The fourth-order valence-corrected chi connectivity index (χ4v) is 3.70. The molecule has 1 fully saturated rings. The van der Waals surface area contributed by atoms with Crippen molar-refractivity contribution in [3.8, 4) is 6.07 Å². The maximum Gasteiger partial charge on any atom is 0.133 e. The molecule has 1 aliphatic heterocycles. The molecule has 0 amide bonds. The summed E-state index contributed by atoms with van der Waals surface area (Å²) in [6.45, 7) is 2.68. The molecule has 1 aliphatic rings. The molecule has 2 heterocycles. The van der Waals surface area contributed by atoms with E-state index in [-0.39, 0.29) is 0 Å². The number of rotatable bonds is 3. The van der Waals surface area contributed by atoms with Crippen LogP contribution in [0, 0.1) is 11.3 Å². The molecule has 1 saturated heterocycles. The van der Waals surface area contributed by atoms with Crippen LogP contribution in [0.4, 0.5) is 11.5 Å². The zero-order valence-electron chi connectivity index (χ0n) is 13.6. The van der Waals surface area contributed by atoms with Gasteiger partial charge in [0, 0.05) is 13.1 Å². The number of aromatic nitrogens is 1. The quantitative estimate of drug-likeness (QED) is 0.800. The van der Waals surface area contributed by atoms with Gasteiger partial charge in [0.25, 0.3) is 0 Å². The molecule has 0 aliphatic carbocycles. The van der Waals surface area contributed by atoms with Gasteiger partial charge in [0.05, 0.1) is 12.2 Å². The van der Waals surface area contributed by atoms with E-state index in [0.717, 1.165) is 18.9 Å². The van der Waals surface area contributed by atoms with E-state index < -0.39 is 0 Å². The molecular formula is C20H20N4. The van der Waals surface area contributed by atoms with Crippen molar-refractivity contribution >= 4 is 22.3 Å². The maximum absolute atomic E-state index is 9.55. The van der Waals surface area contributed by atoms with Crippen molar-refractivity contribution in [2.24, 2.45) is 0 Å². The highest BCUT2D eigenvalue weighted by atomic mass is 15.3. The zero-order chi connectivity index (χ0) is 16.5. The Balaban J connectivity index is 1.83. The van der Waals surface area contributed by atoms with E-state index in [2.05, 4.69) is 58.0 Å². The van der Waals surface area contributed by atoms with Crippen LogP contribution in [0.25, 0.3) is 10.8 Å². The van der Waals surface area contributed by atoms with E-state index in [1.165, 1.54) is 29.2 Å². The van der Waals surface area contributed by atoms with Crippen LogP contribution in [0.3, 0.4) is 0 Å². The normalized spacial score (nSPS) is 14.2. The minimum Gasteiger partial charge on any atom is -0.396 e. The van der Waals surface area contributed by atoms with Crippen LogP contribution in [0.2, 0.25) is 0 Å². The molecule has 2 N–H and O–H groups in total. The molecule has 2 aromatic carbocycles. The first-order valence-corrected chi connectivity index (χ1v) is 8.38. The highest BCUT2D eigenvalue weighted by molar-refractivity contribution is 5.85. The summed E-state index contributed by atoms with van der Waals surface area (Å²) in [5.41, 5.74) is 8.79. The van der Waals surface area contributed by atoms with Gasteiger partial charge in [-0.05, 0) is 35.2 Å². The SMILES string of the molecule is N#Cc1cc(N)c(N2CCCC2)n1Cc1cccc2ccccc12. The van der Waals surface area contributed by atoms with Crippen molar-refractivity contribution in [3.63, 3.8) is 0 Å². The Hall–Kier alpha value is -2.93. The monoisotopic (exact) mass is 316 g/mol. The topological polar surface area (TPSA) is 58.0 Å². The Labute approximate surface area is 141 Å². The molecule has 4 rings (SSSR count). The number of benzene rings is 2. The third-order valence-corrected chi connectivity index (χ3v) is 4.83. The second-order valence-corrected chi connectivity index (χ2v) is 6.34. The Morgan fingerprint density at radius 1 is 1.04 bits per heavy atom. The predicted octanol–water partition coefficient (Wildman–Crippen LogP) is 3.74. The van der Waals surface area contributed by atoms with Gasteiger partial charge < -0.3 is 15.2 Å². The van der Waals surface area contributed by atoms with Crippen molar-refractivity contribution in [3.05, 3.63) is 59.8 Å². The molecule has 0 radical (unpaired) electrons. The molecule has 4 nitrogen and oxygen atoms in total. The van der Waals surface area contributed by atoms with E-state index in [9.17, 15) is 5.26 Å². The largest absolute Gasteiger partial charge is 0.396 e. The number of nitrogens with zero attached hydrogens (tertiary/aromatic N) is 3. The molecule has 0 atom stereocenters. The van der Waals surface area contributed by atoms with Crippen molar-refractivity contribution in [2.45, 2.75) is 19.4 Å². The average molecular weight is 316 g/mol. The van der Waals surface area contributed by atoms with Crippen LogP contribution in [-0.2, 0) is 6.54 Å². The standard InChI is InChI=1S/C20H20N4/c21-13-17-12-19(22)20(23-10-3-4-11-23)24(17)14-16-8-5-7-15-6-1-2-9-18(15)16/h1-2,5-9,12H,3-4,10-11,14,22H2. The number of nitrogen functional groups attached to an aromatic ring is 1. The lowest BCUT2D eigenvalue weighted by atomic mass is 10.0. The molecular weight excluding hydrogens is 296 g/mol. The van der Waals surface area contributed by atoms with Gasteiger partial charge in [-0.25, -0.2) is 0 Å². The van der Waals surface area contributed by atoms with Crippen LogP contribution in [0.15, 0.2) is 48.5 Å². The molecule has 3 aromatic rings. The fraction of sp³-hybridized carbons (Fsp3) is 0.250. The lowest BCUT2D eigenvalue weighted by Crippen LogP contribution is -2.23. The third kappa shape index (κ3) is 2.39. The highest BCUT2D eigenvalue weighted by Crippen LogP contribution is 2.32. The predicted molar refractivity (Wildman–Crippen MR) is 98.1 cm³/mol. The van der Waals surface area contributed by atoms with Crippen molar-refractivity contribution in [1.29, 1.82) is 5.26 Å². The highest BCUT2D eigenvalue weighted by Gasteiger charge is 2.22. The van der Waals surface area contributed by atoms with Crippen LogP contribution in [-0.4, -0.2) is 17.7 Å². The summed E-state index contributed by atoms with van der Waals surface area (Å²) in [5, 5.41) is 12.0. The molecule has 0 unspecified atom stereocenters. The molecule has 0 spiro atoms. The summed E-state index contributed by atoms with van der Waals surface area (Å²) in [7, 11) is 0. The minimum atomic E-state index is 0.627. The smallest absolute Gasteiger partial charge is 0.133 e. The fourth-order valence-electron chi connectivity index (χ4n) is 3.70. The Morgan fingerprint density at radius 3 is 2.58 bits per heavy atom. The van der Waals surface area contributed by atoms with Gasteiger partial charge in [0.2, 0.25) is 0 Å². The summed E-state index contributed by atoms with van der Waals surface area (Å²) < 4.78 is 2.07. The molecule has 1 aromatic heterocycles. The first kappa shape index (κ1) is 14.6. The van der Waals surface area contributed by atoms with Gasteiger partial charge in [0.1, 0.15) is 17.6 Å². The summed E-state index contributed by atoms with van der Waals surface area (Å²) >= 11 is 0. The van der Waals surface area contributed by atoms with Gasteiger partial charge in [-0.3, -0.25) is 0 Å². The zero-order valence-corrected chi connectivity index (χ0v) is 13.6. The summed E-state index contributed by atoms with van der Waals surface area (Å²) in [4.78, 5) is 2.31. The Morgan fingerprint density at radius 2 is 1.79 bits per heavy atom. The van der Waals surface area contributed by atoms with E-state index >= 15 is 0 Å². The molecule has 120 valence electrons. The average Bonchev–Trinajstić information content (AvgIpc) is 3.23. The van der Waals surface area contributed by atoms with Crippen LogP contribution in [0.5, 0.6) is 0 Å². The summed E-state index contributed by atoms with van der Waals surface area (Å²) in [6, 6.07) is 18.8. The Bertz CT molecular complexity index is 921. The second kappa shape index (κ2) is 5.93. The van der Waals surface area contributed by atoms with Crippen LogP contribution < -0.4 is 10.6 Å². The van der Waals surface area contributed by atoms with E-state index in [1.807, 2.05) is 0 Å². The van der Waals surface area contributed by atoms with Gasteiger partial charge in [-0.1, -0.05) is 42.5 Å². The lowest BCUT2D eigenvalue weighted by molar-refractivity contribution is 0.765. The Kier molecular flexibility index (Phi) is 3.62. The van der Waals surface area contributed by atoms with E-state index in [4.69, 9.17) is 5.73 Å². The summed E-state index contributed by atoms with van der Waals surface area (Å²) in [6.07, 6.45) is 2.36. The van der Waals surface area contributed by atoms with Crippen molar-refractivity contribution < 1.29 is 0 Å². The van der Waals surface area contributed by atoms with Crippen molar-refractivity contribution in [1.82, 2.24) is 4.57 Å². The van der Waals surface area contributed by atoms with Gasteiger partial charge >= 0.3 is 0 Å². The number of anilines is 2. The number of nitriles is 1. The van der Waals surface area contributed by atoms with Gasteiger partial charge in [-0.15, -0.1) is 0 Å². The number of hydrogen-bond donors (Lipinski definition) is 1. The van der Waals surface area contributed by atoms with E-state index in [0.29, 0.717) is 17.9 Å². The number of fused-ring (bicyclic) bond motifs is 1. The molecule has 4 heteroatoms. The van der Waals surface area contributed by atoms with Crippen LogP contribution in [0.1, 0.15) is 24.1 Å². The number of hydrogen-bond acceptors (Lipinski definition) is 3. The first-order valence-electron chi connectivity index (χ1n) is 8.38. The third-order valence-electron chi connectivity index (χ3n) is 4.83. The molecule has 24 heavy (non-hydrogen) atoms. The maximum atomic E-state index is 9.55. The lowest BCUT2D eigenvalue weighted by Gasteiger charge is -2.22. The van der Waals surface area contributed by atoms with Gasteiger partial charge in [0.15, 0.2) is 0 Å². The molecule has 0 bridgehead atoms. The summed E-state index contributed by atoms with van der Waals surface area (Å²) in [5.74, 6) is 0.997. The van der Waals surface area contributed by atoms with E-state index in [1.54, 1.807) is 6.07 Å². The van der Waals surface area contributed by atoms with Gasteiger partial charge in [-0.2, -0.15) is 5.26 Å². The van der Waals surface area contributed by atoms with Crippen molar-refractivity contribution in [2.75, 3.05) is 23.7 Å². The second-order valence-electron chi connectivity index (χ2n) is 6.34.